The molecular weight excluding hydrogens is 124 g/mol. The summed E-state index contributed by atoms with van der Waals surface area (Å²) in [6, 6.07) is 0.0552. The van der Waals surface area contributed by atoms with Crippen molar-refractivity contribution in [2.45, 2.75) is 24.8 Å². The Hall–Kier alpha value is -0.180. The van der Waals surface area contributed by atoms with Gasteiger partial charge in [-0.05, 0) is 12.8 Å². The van der Waals surface area contributed by atoms with Crippen molar-refractivity contribution in [1.82, 2.24) is 0 Å². The summed E-state index contributed by atoms with van der Waals surface area (Å²) in [5, 5.41) is 0. The van der Waals surface area contributed by atoms with Crippen LogP contribution < -0.4 is 5.73 Å². The molecule has 0 unspecified atom stereocenters. The van der Waals surface area contributed by atoms with Crippen LogP contribution in [0.2, 0.25) is 0 Å². The molecule has 0 aromatic carbocycles. The van der Waals surface area contributed by atoms with Crippen molar-refractivity contribution in [2.24, 2.45) is 17.6 Å². The highest BCUT2D eigenvalue weighted by atomic mass is 19.3. The molecule has 2 rings (SSSR count). The lowest BCUT2D eigenvalue weighted by Crippen LogP contribution is -2.21. The summed E-state index contributed by atoms with van der Waals surface area (Å²) in [6.45, 7) is 0. The first kappa shape index (κ1) is 5.59. The average molecular weight is 133 g/mol. The van der Waals surface area contributed by atoms with Gasteiger partial charge in [0.1, 0.15) is 0 Å². The van der Waals surface area contributed by atoms with Crippen molar-refractivity contribution < 1.29 is 8.78 Å². The van der Waals surface area contributed by atoms with Crippen LogP contribution in [-0.4, -0.2) is 12.0 Å². The van der Waals surface area contributed by atoms with E-state index < -0.39 is 5.92 Å². The zero-order valence-corrected chi connectivity index (χ0v) is 4.98. The van der Waals surface area contributed by atoms with Crippen LogP contribution in [-0.2, 0) is 0 Å². The molecule has 0 amide bonds. The van der Waals surface area contributed by atoms with Crippen molar-refractivity contribution in [2.75, 3.05) is 0 Å². The van der Waals surface area contributed by atoms with E-state index in [1.54, 1.807) is 0 Å². The Bertz CT molecular complexity index is 132. The van der Waals surface area contributed by atoms with Crippen molar-refractivity contribution in [3.8, 4) is 0 Å². The van der Waals surface area contributed by atoms with E-state index in [9.17, 15) is 8.78 Å². The molecule has 2 atom stereocenters. The Labute approximate surface area is 52.2 Å². The summed E-state index contributed by atoms with van der Waals surface area (Å²) in [4.78, 5) is 0. The minimum absolute atomic E-state index is 0.0552. The lowest BCUT2D eigenvalue weighted by molar-refractivity contribution is 0.0699. The molecule has 0 spiro atoms. The summed E-state index contributed by atoms with van der Waals surface area (Å²) in [5.74, 6) is -3.05. The van der Waals surface area contributed by atoms with Crippen LogP contribution in [0.1, 0.15) is 12.8 Å². The van der Waals surface area contributed by atoms with E-state index in [1.165, 1.54) is 0 Å². The van der Waals surface area contributed by atoms with Crippen LogP contribution in [0.15, 0.2) is 0 Å². The Morgan fingerprint density at radius 2 is 1.67 bits per heavy atom. The molecule has 9 heavy (non-hydrogen) atoms. The standard InChI is InChI=1S/C6H9F2N/c7-6(8)4-1-3(9)2-5(4)6/h3-5H,1-2,9H2/t4-,5-/m0/s1. The third-order valence-electron chi connectivity index (χ3n) is 2.48. The van der Waals surface area contributed by atoms with Crippen LogP contribution in [0.25, 0.3) is 0 Å². The quantitative estimate of drug-likeness (QED) is 0.524. The van der Waals surface area contributed by atoms with Gasteiger partial charge in [-0.25, -0.2) is 8.78 Å². The maximum Gasteiger partial charge on any atom is 0.254 e. The van der Waals surface area contributed by atoms with Gasteiger partial charge >= 0.3 is 0 Å². The van der Waals surface area contributed by atoms with Gasteiger partial charge in [0.15, 0.2) is 0 Å². The first-order chi connectivity index (χ1) is 4.12. The molecule has 2 N–H and O–H groups in total. The van der Waals surface area contributed by atoms with Crippen LogP contribution in [0.4, 0.5) is 8.78 Å². The minimum Gasteiger partial charge on any atom is -0.328 e. The van der Waals surface area contributed by atoms with E-state index in [1.807, 2.05) is 0 Å². The molecule has 2 aliphatic rings. The predicted octanol–water partition coefficient (Wildman–Crippen LogP) is 0.989. The SMILES string of the molecule is NC1C[C@H]2[C@H](C1)C2(F)F. The molecule has 2 saturated carbocycles. The zero-order valence-electron chi connectivity index (χ0n) is 4.98. The van der Waals surface area contributed by atoms with Crippen molar-refractivity contribution in [3.63, 3.8) is 0 Å². The number of halogens is 2. The fraction of sp³-hybridized carbons (Fsp3) is 1.00. The van der Waals surface area contributed by atoms with E-state index in [2.05, 4.69) is 0 Å². The van der Waals surface area contributed by atoms with Gasteiger partial charge < -0.3 is 5.73 Å². The molecule has 0 aliphatic heterocycles. The maximum atomic E-state index is 12.4. The van der Waals surface area contributed by atoms with Crippen molar-refractivity contribution in [3.05, 3.63) is 0 Å². The number of hydrogen-bond donors (Lipinski definition) is 1. The number of rotatable bonds is 0. The molecule has 0 saturated heterocycles. The van der Waals surface area contributed by atoms with Gasteiger partial charge in [-0.3, -0.25) is 0 Å². The van der Waals surface area contributed by atoms with Gasteiger partial charge in [-0.1, -0.05) is 0 Å². The number of alkyl halides is 2. The van der Waals surface area contributed by atoms with Crippen LogP contribution in [0, 0.1) is 11.8 Å². The molecule has 52 valence electrons. The highest BCUT2D eigenvalue weighted by Gasteiger charge is 2.70. The fourth-order valence-corrected chi connectivity index (χ4v) is 1.85. The highest BCUT2D eigenvalue weighted by Crippen LogP contribution is 2.63. The van der Waals surface area contributed by atoms with Gasteiger partial charge in [0, 0.05) is 17.9 Å². The first-order valence-electron chi connectivity index (χ1n) is 3.25. The van der Waals surface area contributed by atoms with Crippen LogP contribution >= 0.6 is 0 Å². The molecule has 2 fully saturated rings. The van der Waals surface area contributed by atoms with E-state index in [-0.39, 0.29) is 17.9 Å². The molecule has 0 aromatic rings. The second-order valence-corrected chi connectivity index (χ2v) is 3.12. The molecule has 3 heteroatoms. The molecule has 0 bridgehead atoms. The van der Waals surface area contributed by atoms with Gasteiger partial charge in [0.05, 0.1) is 0 Å². The first-order valence-corrected chi connectivity index (χ1v) is 3.25. The highest BCUT2D eigenvalue weighted by molar-refractivity contribution is 5.12. The fourth-order valence-electron chi connectivity index (χ4n) is 1.85. The summed E-state index contributed by atoms with van der Waals surface area (Å²) < 4.78 is 24.7. The number of fused-ring (bicyclic) bond motifs is 1. The molecule has 0 aromatic heterocycles. The Morgan fingerprint density at radius 1 is 1.22 bits per heavy atom. The van der Waals surface area contributed by atoms with Crippen LogP contribution in [0.5, 0.6) is 0 Å². The van der Waals surface area contributed by atoms with Gasteiger partial charge in [-0.15, -0.1) is 0 Å². The third kappa shape index (κ3) is 0.556. The summed E-state index contributed by atoms with van der Waals surface area (Å²) in [7, 11) is 0. The van der Waals surface area contributed by atoms with E-state index >= 15 is 0 Å². The van der Waals surface area contributed by atoms with Crippen molar-refractivity contribution >= 4 is 0 Å². The lowest BCUT2D eigenvalue weighted by atomic mass is 10.2. The van der Waals surface area contributed by atoms with Gasteiger partial charge in [0.2, 0.25) is 0 Å². The topological polar surface area (TPSA) is 26.0 Å². The van der Waals surface area contributed by atoms with Crippen molar-refractivity contribution in [1.29, 1.82) is 0 Å². The normalized spacial score (nSPS) is 47.0. The predicted molar refractivity (Wildman–Crippen MR) is 29.1 cm³/mol. The average Bonchev–Trinajstić information content (AvgIpc) is 2.27. The zero-order chi connectivity index (χ0) is 6.65. The molecule has 0 heterocycles. The molecule has 0 radical (unpaired) electrons. The monoisotopic (exact) mass is 133 g/mol. The van der Waals surface area contributed by atoms with E-state index in [0.29, 0.717) is 12.8 Å². The molecular formula is C6H9F2N. The molecule has 1 nitrogen and oxygen atoms in total. The van der Waals surface area contributed by atoms with E-state index in [4.69, 9.17) is 5.73 Å². The Balaban J connectivity index is 2.06. The van der Waals surface area contributed by atoms with E-state index in [0.717, 1.165) is 0 Å². The van der Waals surface area contributed by atoms with Gasteiger partial charge in [-0.2, -0.15) is 0 Å². The Kier molecular flexibility index (Phi) is 0.799. The second-order valence-electron chi connectivity index (χ2n) is 3.12. The summed E-state index contributed by atoms with van der Waals surface area (Å²) >= 11 is 0. The lowest BCUT2D eigenvalue weighted by Gasteiger charge is -2.06. The van der Waals surface area contributed by atoms with Gasteiger partial charge in [0.25, 0.3) is 5.92 Å². The largest absolute Gasteiger partial charge is 0.328 e. The summed E-state index contributed by atoms with van der Waals surface area (Å²) in [6.07, 6.45) is 1.08. The Morgan fingerprint density at radius 3 is 2.00 bits per heavy atom. The third-order valence-corrected chi connectivity index (χ3v) is 2.48. The summed E-state index contributed by atoms with van der Waals surface area (Å²) in [5.41, 5.74) is 5.44. The molecule has 2 aliphatic carbocycles. The maximum absolute atomic E-state index is 12.4. The number of nitrogens with two attached hydrogens (primary N) is 1. The number of hydrogen-bond acceptors (Lipinski definition) is 1. The minimum atomic E-state index is -2.34. The smallest absolute Gasteiger partial charge is 0.254 e. The second kappa shape index (κ2) is 1.29. The van der Waals surface area contributed by atoms with Crippen LogP contribution in [0.3, 0.4) is 0 Å².